The van der Waals surface area contributed by atoms with Crippen molar-refractivity contribution < 1.29 is 27.2 Å². The van der Waals surface area contributed by atoms with Crippen molar-refractivity contribution in [2.45, 2.75) is 20.0 Å². The molecular weight excluding hydrogens is 298 g/mol. The smallest absolute Gasteiger partial charge is 0.471 e. The summed E-state index contributed by atoms with van der Waals surface area (Å²) >= 11 is 0. The molecule has 0 N–H and O–H groups in total. The summed E-state index contributed by atoms with van der Waals surface area (Å²) in [5, 5.41) is 0. The van der Waals surface area contributed by atoms with Crippen LogP contribution in [0.4, 0.5) is 18.9 Å². The van der Waals surface area contributed by atoms with Gasteiger partial charge in [0.2, 0.25) is 0 Å². The van der Waals surface area contributed by atoms with Gasteiger partial charge in [-0.3, -0.25) is 0 Å². The van der Waals surface area contributed by atoms with E-state index in [0.717, 1.165) is 4.90 Å². The largest absolute Gasteiger partial charge is 0.493 e. The molecule has 0 spiro atoms. The molecule has 0 amide bonds. The molecule has 1 fully saturated rings. The molecule has 22 heavy (non-hydrogen) atoms. The van der Waals surface area contributed by atoms with E-state index >= 15 is 0 Å². The maximum atomic E-state index is 12.6. The quantitative estimate of drug-likeness (QED) is 0.783. The molecule has 0 atom stereocenters. The van der Waals surface area contributed by atoms with E-state index in [2.05, 4.69) is 0 Å². The molecule has 4 nitrogen and oxygen atoms in total. The highest BCUT2D eigenvalue weighted by atomic mass is 19.4. The van der Waals surface area contributed by atoms with Crippen LogP contribution in [0.2, 0.25) is 0 Å². The second-order valence-electron chi connectivity index (χ2n) is 6.43. The molecule has 0 aromatic heterocycles. The van der Waals surface area contributed by atoms with Gasteiger partial charge in [-0.25, -0.2) is 0 Å². The molecule has 1 aromatic carbocycles. The minimum atomic E-state index is -4.27. The fourth-order valence-electron chi connectivity index (χ4n) is 2.50. The Morgan fingerprint density at radius 2 is 1.91 bits per heavy atom. The highest BCUT2D eigenvalue weighted by molar-refractivity contribution is 6.61. The van der Waals surface area contributed by atoms with E-state index in [-0.39, 0.29) is 12.1 Å². The van der Waals surface area contributed by atoms with Crippen molar-refractivity contribution in [3.8, 4) is 5.75 Å². The fourth-order valence-corrected chi connectivity index (χ4v) is 2.50. The molecule has 1 aromatic rings. The first-order chi connectivity index (χ1) is 10.2. The summed E-state index contributed by atoms with van der Waals surface area (Å²) in [6, 6.07) is 5.07. The molecule has 0 unspecified atom stereocenters. The standard InChI is InChI=1S/C14H17BF3NO3/c1-13(2)7-21-15(22-8-13)10-3-4-12-11(5-10)19(9-20-12)6-14(16,17)18/h3-5H,6-9H2,1-2H3. The topological polar surface area (TPSA) is 30.9 Å². The minimum Gasteiger partial charge on any atom is -0.471 e. The van der Waals surface area contributed by atoms with Crippen LogP contribution in [-0.4, -0.2) is 39.8 Å². The maximum absolute atomic E-state index is 12.6. The maximum Gasteiger partial charge on any atom is 0.493 e. The van der Waals surface area contributed by atoms with E-state index in [0.29, 0.717) is 30.1 Å². The van der Waals surface area contributed by atoms with E-state index in [4.69, 9.17) is 14.0 Å². The summed E-state index contributed by atoms with van der Waals surface area (Å²) < 4.78 is 54.4. The summed E-state index contributed by atoms with van der Waals surface area (Å²) in [7, 11) is -0.549. The zero-order chi connectivity index (χ0) is 16.0. The van der Waals surface area contributed by atoms with Gasteiger partial charge in [-0.05, 0) is 17.6 Å². The molecule has 0 saturated carbocycles. The van der Waals surface area contributed by atoms with Crippen LogP contribution in [0.5, 0.6) is 5.75 Å². The Labute approximate surface area is 127 Å². The normalized spacial score (nSPS) is 20.8. The molecule has 2 aliphatic heterocycles. The van der Waals surface area contributed by atoms with Gasteiger partial charge in [0.05, 0.1) is 5.69 Å². The van der Waals surface area contributed by atoms with Gasteiger partial charge < -0.3 is 18.9 Å². The second kappa shape index (κ2) is 5.35. The van der Waals surface area contributed by atoms with Crippen LogP contribution in [0.1, 0.15) is 13.8 Å². The van der Waals surface area contributed by atoms with Gasteiger partial charge in [0, 0.05) is 18.6 Å². The number of alkyl halides is 3. The van der Waals surface area contributed by atoms with E-state index in [1.54, 1.807) is 18.2 Å². The van der Waals surface area contributed by atoms with Crippen LogP contribution in [0.15, 0.2) is 18.2 Å². The third kappa shape index (κ3) is 3.33. The average Bonchev–Trinajstić information content (AvgIpc) is 2.79. The molecule has 1 saturated heterocycles. The number of nitrogens with zero attached hydrogens (tertiary/aromatic N) is 1. The first-order valence-corrected chi connectivity index (χ1v) is 7.05. The molecule has 120 valence electrons. The second-order valence-corrected chi connectivity index (χ2v) is 6.43. The molecule has 8 heteroatoms. The summed E-state index contributed by atoms with van der Waals surface area (Å²) in [5.74, 6) is 0.448. The third-order valence-electron chi connectivity index (χ3n) is 3.59. The molecule has 3 rings (SSSR count). The summed E-state index contributed by atoms with van der Waals surface area (Å²) in [4.78, 5) is 1.16. The van der Waals surface area contributed by atoms with E-state index < -0.39 is 19.8 Å². The lowest BCUT2D eigenvalue weighted by molar-refractivity contribution is -0.120. The monoisotopic (exact) mass is 315 g/mol. The van der Waals surface area contributed by atoms with Crippen LogP contribution in [0.25, 0.3) is 0 Å². The van der Waals surface area contributed by atoms with Crippen molar-refractivity contribution >= 4 is 18.3 Å². The summed E-state index contributed by atoms with van der Waals surface area (Å²) in [6.45, 7) is 4.01. The number of fused-ring (bicyclic) bond motifs is 1. The summed E-state index contributed by atoms with van der Waals surface area (Å²) in [6.07, 6.45) is -4.27. The molecular formula is C14H17BF3NO3. The molecule has 2 aliphatic rings. The van der Waals surface area contributed by atoms with Crippen LogP contribution >= 0.6 is 0 Å². The Kier molecular flexibility index (Phi) is 3.76. The summed E-state index contributed by atoms with van der Waals surface area (Å²) in [5.41, 5.74) is 1.07. The number of benzene rings is 1. The van der Waals surface area contributed by atoms with E-state index in [9.17, 15) is 13.2 Å². The van der Waals surface area contributed by atoms with E-state index in [1.165, 1.54) is 0 Å². The number of halogens is 3. The number of hydrogen-bond donors (Lipinski definition) is 0. The Morgan fingerprint density at radius 1 is 1.23 bits per heavy atom. The average molecular weight is 315 g/mol. The van der Waals surface area contributed by atoms with Crippen LogP contribution in [0, 0.1) is 5.41 Å². The Hall–Kier alpha value is -1.41. The van der Waals surface area contributed by atoms with Gasteiger partial charge in [-0.1, -0.05) is 19.9 Å². The Bertz CT molecular complexity index is 555. The van der Waals surface area contributed by atoms with Crippen molar-refractivity contribution in [1.82, 2.24) is 0 Å². The molecule has 2 heterocycles. The molecule has 0 radical (unpaired) electrons. The van der Waals surface area contributed by atoms with Gasteiger partial charge in [0.1, 0.15) is 12.3 Å². The SMILES string of the molecule is CC1(C)COB(c2ccc3c(c2)N(CC(F)(F)F)CO3)OC1. The van der Waals surface area contributed by atoms with Crippen LogP contribution in [-0.2, 0) is 9.31 Å². The van der Waals surface area contributed by atoms with E-state index in [1.807, 2.05) is 13.8 Å². The Balaban J connectivity index is 1.77. The highest BCUT2D eigenvalue weighted by Crippen LogP contribution is 2.35. The number of rotatable bonds is 2. The van der Waals surface area contributed by atoms with Gasteiger partial charge in [0.15, 0.2) is 6.73 Å². The number of anilines is 1. The van der Waals surface area contributed by atoms with Crippen molar-refractivity contribution in [2.75, 3.05) is 31.4 Å². The van der Waals surface area contributed by atoms with Crippen molar-refractivity contribution in [3.05, 3.63) is 18.2 Å². The molecule has 0 aliphatic carbocycles. The first kappa shape index (κ1) is 15.5. The van der Waals surface area contributed by atoms with Crippen molar-refractivity contribution in [3.63, 3.8) is 0 Å². The zero-order valence-corrected chi connectivity index (χ0v) is 12.4. The predicted molar refractivity (Wildman–Crippen MR) is 76.4 cm³/mol. The number of hydrogen-bond acceptors (Lipinski definition) is 4. The van der Waals surface area contributed by atoms with Crippen LogP contribution in [0.3, 0.4) is 0 Å². The lowest BCUT2D eigenvalue weighted by Crippen LogP contribution is -2.47. The highest BCUT2D eigenvalue weighted by Gasteiger charge is 2.37. The number of ether oxygens (including phenoxy) is 1. The van der Waals surface area contributed by atoms with Gasteiger partial charge in [-0.15, -0.1) is 0 Å². The fraction of sp³-hybridized carbons (Fsp3) is 0.571. The van der Waals surface area contributed by atoms with Crippen molar-refractivity contribution in [2.24, 2.45) is 5.41 Å². The lowest BCUT2D eigenvalue weighted by Gasteiger charge is -2.33. The third-order valence-corrected chi connectivity index (χ3v) is 3.59. The lowest BCUT2D eigenvalue weighted by atomic mass is 9.75. The van der Waals surface area contributed by atoms with Gasteiger partial charge in [0.25, 0.3) is 0 Å². The van der Waals surface area contributed by atoms with Crippen LogP contribution < -0.4 is 15.1 Å². The molecule has 0 bridgehead atoms. The zero-order valence-electron chi connectivity index (χ0n) is 12.4. The van der Waals surface area contributed by atoms with Crippen molar-refractivity contribution in [1.29, 1.82) is 0 Å². The Morgan fingerprint density at radius 3 is 2.55 bits per heavy atom. The minimum absolute atomic E-state index is 0.0569. The van der Waals surface area contributed by atoms with Gasteiger partial charge in [-0.2, -0.15) is 13.2 Å². The first-order valence-electron chi connectivity index (χ1n) is 7.05. The predicted octanol–water partition coefficient (Wildman–Crippen LogP) is 2.17. The van der Waals surface area contributed by atoms with Gasteiger partial charge >= 0.3 is 13.3 Å².